The van der Waals surface area contributed by atoms with Gasteiger partial charge in [-0.25, -0.2) is 0 Å². The van der Waals surface area contributed by atoms with Crippen LogP contribution in [0.3, 0.4) is 0 Å². The van der Waals surface area contributed by atoms with Crippen LogP contribution >= 0.6 is 0 Å². The Morgan fingerprint density at radius 3 is 2.50 bits per heavy atom. The Balaban J connectivity index is 1.67. The van der Waals surface area contributed by atoms with Crippen molar-refractivity contribution in [3.8, 4) is 0 Å². The second-order valence-electron chi connectivity index (χ2n) is 8.06. The van der Waals surface area contributed by atoms with Crippen molar-refractivity contribution >= 4 is 28.6 Å². The zero-order valence-corrected chi connectivity index (χ0v) is 16.0. The summed E-state index contributed by atoms with van der Waals surface area (Å²) in [5.41, 5.74) is 3.79. The Morgan fingerprint density at radius 2 is 1.68 bits per heavy atom. The van der Waals surface area contributed by atoms with E-state index in [2.05, 4.69) is 35.3 Å². The molecule has 1 amide bonds. The fourth-order valence-electron chi connectivity index (χ4n) is 4.88. The lowest BCUT2D eigenvalue weighted by molar-refractivity contribution is -0.127. The van der Waals surface area contributed by atoms with Crippen molar-refractivity contribution in [1.29, 1.82) is 0 Å². The van der Waals surface area contributed by atoms with Crippen LogP contribution in [-0.2, 0) is 4.79 Å². The molecule has 1 aliphatic heterocycles. The van der Waals surface area contributed by atoms with Crippen molar-refractivity contribution in [2.75, 3.05) is 4.90 Å². The number of allylic oxidation sites excluding steroid dienone is 1. The molecule has 1 saturated heterocycles. The highest BCUT2D eigenvalue weighted by Gasteiger charge is 2.50. The minimum Gasteiger partial charge on any atom is -0.282 e. The van der Waals surface area contributed by atoms with Crippen molar-refractivity contribution in [2.45, 2.75) is 38.5 Å². The van der Waals surface area contributed by atoms with Crippen LogP contribution in [0.2, 0.25) is 0 Å². The van der Waals surface area contributed by atoms with Crippen LogP contribution in [0.25, 0.3) is 17.0 Å². The van der Waals surface area contributed by atoms with Crippen LogP contribution < -0.4 is 4.90 Å². The Bertz CT molecular complexity index is 1040. The lowest BCUT2D eigenvalue weighted by Crippen LogP contribution is -2.36. The molecule has 0 bridgehead atoms. The lowest BCUT2D eigenvalue weighted by atomic mass is 9.72. The van der Waals surface area contributed by atoms with E-state index in [0.717, 1.165) is 60.0 Å². The molecule has 140 valence electrons. The van der Waals surface area contributed by atoms with E-state index in [4.69, 9.17) is 0 Å². The van der Waals surface area contributed by atoms with Gasteiger partial charge in [-0.2, -0.15) is 0 Å². The van der Waals surface area contributed by atoms with Crippen molar-refractivity contribution in [3.63, 3.8) is 0 Å². The summed E-state index contributed by atoms with van der Waals surface area (Å²) in [4.78, 5) is 20.4. The third kappa shape index (κ3) is 2.82. The van der Waals surface area contributed by atoms with Gasteiger partial charge in [-0.3, -0.25) is 14.7 Å². The predicted molar refractivity (Wildman–Crippen MR) is 114 cm³/mol. The van der Waals surface area contributed by atoms with E-state index in [1.165, 1.54) is 6.42 Å². The van der Waals surface area contributed by atoms with E-state index >= 15 is 0 Å². The first kappa shape index (κ1) is 17.2. The van der Waals surface area contributed by atoms with Gasteiger partial charge in [-0.1, -0.05) is 67.8 Å². The monoisotopic (exact) mass is 368 g/mol. The Kier molecular flexibility index (Phi) is 4.23. The average Bonchev–Trinajstić information content (AvgIpc) is 2.99. The van der Waals surface area contributed by atoms with Crippen LogP contribution in [0.15, 0.2) is 72.6 Å². The molecular weight excluding hydrogens is 344 g/mol. The molecule has 2 heterocycles. The van der Waals surface area contributed by atoms with Gasteiger partial charge in [0, 0.05) is 23.7 Å². The van der Waals surface area contributed by atoms with E-state index in [9.17, 15) is 4.79 Å². The van der Waals surface area contributed by atoms with Gasteiger partial charge in [-0.15, -0.1) is 0 Å². The Hall–Kier alpha value is -2.94. The molecule has 3 aromatic rings. The summed E-state index contributed by atoms with van der Waals surface area (Å²) in [6.07, 6.45) is 10.3. The van der Waals surface area contributed by atoms with Crippen LogP contribution in [0, 0.1) is 5.41 Å². The molecule has 28 heavy (non-hydrogen) atoms. The van der Waals surface area contributed by atoms with Crippen LogP contribution in [0.4, 0.5) is 5.69 Å². The van der Waals surface area contributed by atoms with E-state index in [0.29, 0.717) is 0 Å². The third-order valence-electron chi connectivity index (χ3n) is 6.26. The summed E-state index contributed by atoms with van der Waals surface area (Å²) in [7, 11) is 0. The number of carbonyl (C=O) groups is 1. The number of anilines is 1. The SMILES string of the molecule is O=C1N(c2cccc3cccnc23)/C(=C/c2ccccc2)CC12CCCCC2. The van der Waals surface area contributed by atoms with Crippen LogP contribution in [0.5, 0.6) is 0 Å². The summed E-state index contributed by atoms with van der Waals surface area (Å²) in [6, 6.07) is 20.4. The quantitative estimate of drug-likeness (QED) is 0.559. The Labute approximate surface area is 165 Å². The highest BCUT2D eigenvalue weighted by atomic mass is 16.2. The smallest absolute Gasteiger partial charge is 0.237 e. The van der Waals surface area contributed by atoms with Gasteiger partial charge in [-0.05, 0) is 36.6 Å². The molecule has 1 aliphatic carbocycles. The number of carbonyl (C=O) groups excluding carboxylic acids is 1. The molecule has 0 N–H and O–H groups in total. The van der Waals surface area contributed by atoms with Crippen molar-refractivity contribution in [2.24, 2.45) is 5.41 Å². The van der Waals surface area contributed by atoms with Crippen LogP contribution in [-0.4, -0.2) is 10.9 Å². The number of pyridine rings is 1. The average molecular weight is 368 g/mol. The molecule has 1 aromatic heterocycles. The van der Waals surface area contributed by atoms with Gasteiger partial charge < -0.3 is 0 Å². The predicted octanol–water partition coefficient (Wildman–Crippen LogP) is 5.96. The normalized spacial score (nSPS) is 20.4. The standard InChI is InChI=1S/C25H24N2O/c28-24-25(14-5-2-6-15-25)18-21(17-19-9-3-1-4-10-19)27(24)22-13-7-11-20-12-8-16-26-23(20)22/h1,3-4,7-13,16-17H,2,5-6,14-15,18H2/b21-17+. The maximum absolute atomic E-state index is 13.8. The minimum atomic E-state index is -0.240. The van der Waals surface area contributed by atoms with Gasteiger partial charge in [0.1, 0.15) is 0 Å². The molecule has 1 saturated carbocycles. The first-order chi connectivity index (χ1) is 13.8. The molecule has 3 heteroatoms. The number of rotatable bonds is 2. The number of aromatic nitrogens is 1. The van der Waals surface area contributed by atoms with E-state index in [1.807, 2.05) is 47.5 Å². The molecule has 0 unspecified atom stereocenters. The molecule has 0 radical (unpaired) electrons. The third-order valence-corrected chi connectivity index (χ3v) is 6.26. The fraction of sp³-hybridized carbons (Fsp3) is 0.280. The van der Waals surface area contributed by atoms with Crippen molar-refractivity contribution < 1.29 is 4.79 Å². The topological polar surface area (TPSA) is 33.2 Å². The number of benzene rings is 2. The molecule has 2 aliphatic rings. The van der Waals surface area contributed by atoms with Gasteiger partial charge >= 0.3 is 0 Å². The van der Waals surface area contributed by atoms with E-state index < -0.39 is 0 Å². The molecule has 5 rings (SSSR count). The number of nitrogens with zero attached hydrogens (tertiary/aromatic N) is 2. The molecule has 2 fully saturated rings. The molecule has 1 spiro atoms. The molecule has 2 aromatic carbocycles. The van der Waals surface area contributed by atoms with Gasteiger partial charge in [0.15, 0.2) is 0 Å². The Morgan fingerprint density at radius 1 is 0.893 bits per heavy atom. The molecule has 3 nitrogen and oxygen atoms in total. The number of fused-ring (bicyclic) bond motifs is 1. The van der Waals surface area contributed by atoms with Crippen molar-refractivity contribution in [1.82, 2.24) is 4.98 Å². The second-order valence-corrected chi connectivity index (χ2v) is 8.06. The molecular formula is C25H24N2O. The summed E-state index contributed by atoms with van der Waals surface area (Å²) in [5.74, 6) is 0.257. The summed E-state index contributed by atoms with van der Waals surface area (Å²) >= 11 is 0. The van der Waals surface area contributed by atoms with Gasteiger partial charge in [0.2, 0.25) is 5.91 Å². The zero-order chi connectivity index (χ0) is 19.0. The second kappa shape index (κ2) is 6.90. The number of para-hydroxylation sites is 1. The summed E-state index contributed by atoms with van der Waals surface area (Å²) in [6.45, 7) is 0. The van der Waals surface area contributed by atoms with Crippen molar-refractivity contribution in [3.05, 3.63) is 78.1 Å². The maximum atomic E-state index is 13.8. The highest BCUT2D eigenvalue weighted by Crippen LogP contribution is 2.51. The fourth-order valence-corrected chi connectivity index (χ4v) is 4.88. The van der Waals surface area contributed by atoms with Gasteiger partial charge in [0.25, 0.3) is 0 Å². The summed E-state index contributed by atoms with van der Waals surface area (Å²) in [5, 5.41) is 1.07. The highest BCUT2D eigenvalue weighted by molar-refractivity contribution is 6.09. The minimum absolute atomic E-state index is 0.240. The summed E-state index contributed by atoms with van der Waals surface area (Å²) < 4.78 is 0. The number of amides is 1. The van der Waals surface area contributed by atoms with Crippen LogP contribution in [0.1, 0.15) is 44.1 Å². The number of hydrogen-bond acceptors (Lipinski definition) is 2. The molecule has 0 atom stereocenters. The number of hydrogen-bond donors (Lipinski definition) is 0. The largest absolute Gasteiger partial charge is 0.282 e. The van der Waals surface area contributed by atoms with Gasteiger partial charge in [0.05, 0.1) is 16.6 Å². The zero-order valence-electron chi connectivity index (χ0n) is 16.0. The first-order valence-corrected chi connectivity index (χ1v) is 10.2. The van der Waals surface area contributed by atoms with E-state index in [1.54, 1.807) is 0 Å². The van der Waals surface area contributed by atoms with E-state index in [-0.39, 0.29) is 11.3 Å². The lowest BCUT2D eigenvalue weighted by Gasteiger charge is -2.31. The first-order valence-electron chi connectivity index (χ1n) is 10.2. The maximum Gasteiger partial charge on any atom is 0.237 e.